The molecular formula is C13H14O5. The SMILES string of the molecule is CC(C)CC(=O)OC(=O)c1ccc(C(=O)O)cc1. The summed E-state index contributed by atoms with van der Waals surface area (Å²) in [6, 6.07) is 5.20. The van der Waals surface area contributed by atoms with Gasteiger partial charge in [-0.25, -0.2) is 9.59 Å². The van der Waals surface area contributed by atoms with Crippen molar-refractivity contribution in [2.75, 3.05) is 0 Å². The fourth-order valence-corrected chi connectivity index (χ4v) is 1.29. The van der Waals surface area contributed by atoms with Gasteiger partial charge in [0.1, 0.15) is 0 Å². The predicted octanol–water partition coefficient (Wildman–Crippen LogP) is 2.11. The van der Waals surface area contributed by atoms with Crippen LogP contribution in [-0.2, 0) is 9.53 Å². The lowest BCUT2D eigenvalue weighted by Crippen LogP contribution is -2.14. The van der Waals surface area contributed by atoms with Crippen LogP contribution in [0.3, 0.4) is 0 Å². The third-order valence-electron chi connectivity index (χ3n) is 2.15. The molecule has 0 saturated heterocycles. The minimum absolute atomic E-state index is 0.0695. The number of ether oxygens (including phenoxy) is 1. The summed E-state index contributed by atoms with van der Waals surface area (Å²) in [4.78, 5) is 33.4. The van der Waals surface area contributed by atoms with Crippen molar-refractivity contribution in [3.8, 4) is 0 Å². The number of esters is 2. The van der Waals surface area contributed by atoms with Gasteiger partial charge in [0.05, 0.1) is 11.1 Å². The molecule has 0 spiro atoms. The van der Waals surface area contributed by atoms with Gasteiger partial charge in [0.25, 0.3) is 0 Å². The largest absolute Gasteiger partial charge is 0.478 e. The zero-order chi connectivity index (χ0) is 13.7. The maximum absolute atomic E-state index is 11.5. The van der Waals surface area contributed by atoms with E-state index in [4.69, 9.17) is 5.11 Å². The van der Waals surface area contributed by atoms with Crippen molar-refractivity contribution >= 4 is 17.9 Å². The maximum atomic E-state index is 11.5. The smallest absolute Gasteiger partial charge is 0.345 e. The molecule has 0 saturated carbocycles. The first-order valence-electron chi connectivity index (χ1n) is 5.48. The Hall–Kier alpha value is -2.17. The Morgan fingerprint density at radius 3 is 2.06 bits per heavy atom. The molecule has 0 aliphatic rings. The fourth-order valence-electron chi connectivity index (χ4n) is 1.29. The van der Waals surface area contributed by atoms with E-state index in [1.165, 1.54) is 24.3 Å². The van der Waals surface area contributed by atoms with E-state index in [0.717, 1.165) is 0 Å². The highest BCUT2D eigenvalue weighted by molar-refractivity contribution is 5.97. The molecule has 0 atom stereocenters. The Kier molecular flexibility index (Phi) is 4.59. The van der Waals surface area contributed by atoms with Gasteiger partial charge in [-0.05, 0) is 30.2 Å². The van der Waals surface area contributed by atoms with Crippen molar-refractivity contribution in [1.29, 1.82) is 0 Å². The number of carbonyl (C=O) groups is 3. The second-order valence-electron chi connectivity index (χ2n) is 4.24. The van der Waals surface area contributed by atoms with Gasteiger partial charge in [-0.15, -0.1) is 0 Å². The lowest BCUT2D eigenvalue weighted by molar-refractivity contribution is -0.138. The van der Waals surface area contributed by atoms with Crippen LogP contribution in [0.5, 0.6) is 0 Å². The Morgan fingerprint density at radius 2 is 1.61 bits per heavy atom. The summed E-state index contributed by atoms with van der Waals surface area (Å²) in [7, 11) is 0. The molecule has 0 unspecified atom stereocenters. The highest BCUT2D eigenvalue weighted by Crippen LogP contribution is 2.08. The monoisotopic (exact) mass is 250 g/mol. The van der Waals surface area contributed by atoms with E-state index in [0.29, 0.717) is 0 Å². The summed E-state index contributed by atoms with van der Waals surface area (Å²) in [6.07, 6.45) is 0.166. The predicted molar refractivity (Wildman–Crippen MR) is 63.3 cm³/mol. The molecule has 1 rings (SSSR count). The maximum Gasteiger partial charge on any atom is 0.345 e. The van der Waals surface area contributed by atoms with E-state index in [1.807, 2.05) is 13.8 Å². The van der Waals surface area contributed by atoms with Crippen LogP contribution in [0.4, 0.5) is 0 Å². The van der Waals surface area contributed by atoms with Crippen molar-refractivity contribution in [3.63, 3.8) is 0 Å². The number of carboxylic acid groups (broad SMARTS) is 1. The highest BCUT2D eigenvalue weighted by atomic mass is 16.6. The van der Waals surface area contributed by atoms with Crippen LogP contribution in [0.15, 0.2) is 24.3 Å². The molecule has 0 bridgehead atoms. The lowest BCUT2D eigenvalue weighted by atomic mass is 10.1. The van der Waals surface area contributed by atoms with Crippen LogP contribution < -0.4 is 0 Å². The van der Waals surface area contributed by atoms with Gasteiger partial charge in [0.15, 0.2) is 0 Å². The van der Waals surface area contributed by atoms with E-state index in [9.17, 15) is 14.4 Å². The van der Waals surface area contributed by atoms with Crippen molar-refractivity contribution in [2.24, 2.45) is 5.92 Å². The van der Waals surface area contributed by atoms with E-state index in [2.05, 4.69) is 4.74 Å². The second kappa shape index (κ2) is 5.95. The third kappa shape index (κ3) is 4.01. The van der Waals surface area contributed by atoms with Crippen molar-refractivity contribution < 1.29 is 24.2 Å². The standard InChI is InChI=1S/C13H14O5/c1-8(2)7-11(14)18-13(17)10-5-3-9(4-6-10)12(15)16/h3-6,8H,7H2,1-2H3,(H,15,16). The normalized spacial score (nSPS) is 10.2. The Morgan fingerprint density at radius 1 is 1.11 bits per heavy atom. The summed E-state index contributed by atoms with van der Waals surface area (Å²) in [5, 5.41) is 8.69. The first-order valence-corrected chi connectivity index (χ1v) is 5.48. The molecule has 1 aromatic rings. The molecule has 1 N–H and O–H groups in total. The number of rotatable bonds is 4. The zero-order valence-corrected chi connectivity index (χ0v) is 10.2. The summed E-state index contributed by atoms with van der Waals surface area (Å²) < 4.78 is 4.62. The fraction of sp³-hybridized carbons (Fsp3) is 0.308. The van der Waals surface area contributed by atoms with E-state index < -0.39 is 17.9 Å². The number of hydrogen-bond donors (Lipinski definition) is 1. The minimum atomic E-state index is -1.08. The van der Waals surface area contributed by atoms with Crippen LogP contribution in [-0.4, -0.2) is 23.0 Å². The van der Waals surface area contributed by atoms with Gasteiger partial charge in [0.2, 0.25) is 0 Å². The molecule has 5 nitrogen and oxygen atoms in total. The van der Waals surface area contributed by atoms with Gasteiger partial charge in [0, 0.05) is 6.42 Å². The molecule has 96 valence electrons. The lowest BCUT2D eigenvalue weighted by Gasteiger charge is -2.05. The molecule has 5 heteroatoms. The average molecular weight is 250 g/mol. The van der Waals surface area contributed by atoms with Gasteiger partial charge >= 0.3 is 17.9 Å². The van der Waals surface area contributed by atoms with Crippen LogP contribution in [0.2, 0.25) is 0 Å². The summed E-state index contributed by atoms with van der Waals surface area (Å²) >= 11 is 0. The molecule has 18 heavy (non-hydrogen) atoms. The highest BCUT2D eigenvalue weighted by Gasteiger charge is 2.14. The third-order valence-corrected chi connectivity index (χ3v) is 2.15. The quantitative estimate of drug-likeness (QED) is 0.653. The molecule has 0 radical (unpaired) electrons. The van der Waals surface area contributed by atoms with Crippen LogP contribution in [0, 0.1) is 5.92 Å². The van der Waals surface area contributed by atoms with E-state index in [1.54, 1.807) is 0 Å². The number of benzene rings is 1. The first-order chi connectivity index (χ1) is 8.40. The van der Waals surface area contributed by atoms with Crippen LogP contribution in [0.25, 0.3) is 0 Å². The number of carbonyl (C=O) groups excluding carboxylic acids is 2. The zero-order valence-electron chi connectivity index (χ0n) is 10.2. The first kappa shape index (κ1) is 13.9. The van der Waals surface area contributed by atoms with Gasteiger partial charge in [-0.2, -0.15) is 0 Å². The number of hydrogen-bond acceptors (Lipinski definition) is 4. The summed E-state index contributed by atoms with van der Waals surface area (Å²) in [5.41, 5.74) is 0.220. The molecule has 0 amide bonds. The topological polar surface area (TPSA) is 80.7 Å². The molecule has 0 aliphatic carbocycles. The van der Waals surface area contributed by atoms with Gasteiger partial charge in [-0.1, -0.05) is 13.8 Å². The summed E-state index contributed by atoms with van der Waals surface area (Å²) in [5.74, 6) is -2.32. The minimum Gasteiger partial charge on any atom is -0.478 e. The van der Waals surface area contributed by atoms with Crippen molar-refractivity contribution in [1.82, 2.24) is 0 Å². The number of aromatic carboxylic acids is 1. The van der Waals surface area contributed by atoms with Gasteiger partial charge < -0.3 is 9.84 Å². The van der Waals surface area contributed by atoms with Crippen LogP contribution in [0.1, 0.15) is 41.0 Å². The van der Waals surface area contributed by atoms with Crippen molar-refractivity contribution in [3.05, 3.63) is 35.4 Å². The molecule has 0 heterocycles. The summed E-state index contributed by atoms with van der Waals surface area (Å²) in [6.45, 7) is 3.68. The molecular weight excluding hydrogens is 236 g/mol. The van der Waals surface area contributed by atoms with E-state index in [-0.39, 0.29) is 23.5 Å². The van der Waals surface area contributed by atoms with E-state index >= 15 is 0 Å². The molecule has 1 aromatic carbocycles. The number of carboxylic acids is 1. The van der Waals surface area contributed by atoms with Crippen molar-refractivity contribution in [2.45, 2.75) is 20.3 Å². The Bertz CT molecular complexity index is 459. The van der Waals surface area contributed by atoms with Gasteiger partial charge in [-0.3, -0.25) is 4.79 Å². The average Bonchev–Trinajstić information content (AvgIpc) is 2.27. The Labute approximate surface area is 104 Å². The molecule has 0 aromatic heterocycles. The molecule has 0 fully saturated rings. The Balaban J connectivity index is 2.67. The second-order valence-corrected chi connectivity index (χ2v) is 4.24. The van der Waals surface area contributed by atoms with Crippen LogP contribution >= 0.6 is 0 Å². The molecule has 0 aliphatic heterocycles.